The lowest BCUT2D eigenvalue weighted by Gasteiger charge is -2.29. The molecule has 0 radical (unpaired) electrons. The molecule has 3 aromatic carbocycles. The molecule has 7 heteroatoms. The molecule has 0 spiro atoms. The van der Waals surface area contributed by atoms with Gasteiger partial charge in [0.25, 0.3) is 11.8 Å². The summed E-state index contributed by atoms with van der Waals surface area (Å²) in [6.45, 7) is 2.31. The molecule has 166 valence electrons. The smallest absolute Gasteiger partial charge is 0.270 e. The van der Waals surface area contributed by atoms with Crippen LogP contribution in [0.1, 0.15) is 23.6 Å². The van der Waals surface area contributed by atoms with Crippen molar-refractivity contribution in [3.8, 4) is 5.75 Å². The van der Waals surface area contributed by atoms with Crippen molar-refractivity contribution in [2.45, 2.75) is 20.0 Å². The highest BCUT2D eigenvalue weighted by Gasteiger charge is 2.34. The van der Waals surface area contributed by atoms with Crippen molar-refractivity contribution in [3.05, 3.63) is 101 Å². The second kappa shape index (κ2) is 9.75. The van der Waals surface area contributed by atoms with E-state index in [1.807, 2.05) is 31.2 Å². The van der Waals surface area contributed by atoms with Crippen molar-refractivity contribution in [2.24, 2.45) is 0 Å². The highest BCUT2D eigenvalue weighted by molar-refractivity contribution is 7.80. The van der Waals surface area contributed by atoms with Gasteiger partial charge in [0.15, 0.2) is 5.11 Å². The van der Waals surface area contributed by atoms with Crippen molar-refractivity contribution in [1.82, 2.24) is 5.32 Å². The van der Waals surface area contributed by atoms with Gasteiger partial charge in [-0.25, -0.2) is 4.39 Å². The third-order valence-corrected chi connectivity index (χ3v) is 5.48. The highest BCUT2D eigenvalue weighted by Crippen LogP contribution is 2.24. The van der Waals surface area contributed by atoms with Crippen LogP contribution in [0.5, 0.6) is 5.75 Å². The van der Waals surface area contributed by atoms with Crippen molar-refractivity contribution >= 4 is 40.9 Å². The van der Waals surface area contributed by atoms with Crippen LogP contribution in [0.15, 0.2) is 78.4 Å². The van der Waals surface area contributed by atoms with E-state index < -0.39 is 11.8 Å². The molecule has 0 saturated carbocycles. The SMILES string of the molecule is CCc1ccc(N2C(=O)C(=Cc3cccc(OCc4ccc(F)cc4)c3)C(=O)NC2=S)cc1. The minimum Gasteiger partial charge on any atom is -0.489 e. The maximum absolute atomic E-state index is 13.2. The van der Waals surface area contributed by atoms with Gasteiger partial charge in [0.05, 0.1) is 5.69 Å². The van der Waals surface area contributed by atoms with Crippen LogP contribution < -0.4 is 15.0 Å². The molecule has 2 amide bonds. The molecule has 1 fully saturated rings. The first-order chi connectivity index (χ1) is 15.9. The van der Waals surface area contributed by atoms with Crippen LogP contribution in [-0.4, -0.2) is 16.9 Å². The molecule has 0 aliphatic carbocycles. The zero-order chi connectivity index (χ0) is 23.4. The average Bonchev–Trinajstić information content (AvgIpc) is 2.82. The lowest BCUT2D eigenvalue weighted by molar-refractivity contribution is -0.122. The van der Waals surface area contributed by atoms with Crippen molar-refractivity contribution < 1.29 is 18.7 Å². The number of carbonyl (C=O) groups is 2. The number of carbonyl (C=O) groups excluding carboxylic acids is 2. The summed E-state index contributed by atoms with van der Waals surface area (Å²) in [6, 6.07) is 20.5. The van der Waals surface area contributed by atoms with Crippen LogP contribution in [0.4, 0.5) is 10.1 Å². The number of rotatable bonds is 6. The zero-order valence-corrected chi connectivity index (χ0v) is 18.7. The minimum absolute atomic E-state index is 0.0288. The first-order valence-corrected chi connectivity index (χ1v) is 10.8. The van der Waals surface area contributed by atoms with Gasteiger partial charge in [-0.15, -0.1) is 0 Å². The standard InChI is InChI=1S/C26H21FN2O3S/c1-2-17-8-12-21(13-9-17)29-25(31)23(24(30)28-26(29)33)15-19-4-3-5-22(14-19)32-16-18-6-10-20(27)11-7-18/h3-15H,2,16H2,1H3,(H,28,30,33). The molecular formula is C26H21FN2O3S. The molecule has 0 atom stereocenters. The second-order valence-electron chi connectivity index (χ2n) is 7.47. The monoisotopic (exact) mass is 460 g/mol. The van der Waals surface area contributed by atoms with Crippen molar-refractivity contribution in [3.63, 3.8) is 0 Å². The lowest BCUT2D eigenvalue weighted by Crippen LogP contribution is -2.54. The van der Waals surface area contributed by atoms with Crippen LogP contribution in [0, 0.1) is 5.82 Å². The Kier molecular flexibility index (Phi) is 6.60. The van der Waals surface area contributed by atoms with E-state index in [9.17, 15) is 14.0 Å². The normalized spacial score (nSPS) is 15.0. The number of hydrogen-bond acceptors (Lipinski definition) is 4. The quantitative estimate of drug-likeness (QED) is 0.326. The van der Waals surface area contributed by atoms with Gasteiger partial charge in [0.2, 0.25) is 0 Å². The Labute approximate surface area is 196 Å². The summed E-state index contributed by atoms with van der Waals surface area (Å²) in [5.41, 5.74) is 3.13. The number of nitrogens with one attached hydrogen (secondary N) is 1. The summed E-state index contributed by atoms with van der Waals surface area (Å²) in [4.78, 5) is 27.0. The van der Waals surface area contributed by atoms with Gasteiger partial charge >= 0.3 is 0 Å². The highest BCUT2D eigenvalue weighted by atomic mass is 32.1. The average molecular weight is 461 g/mol. The second-order valence-corrected chi connectivity index (χ2v) is 7.85. The zero-order valence-electron chi connectivity index (χ0n) is 17.9. The van der Waals surface area contributed by atoms with Crippen LogP contribution in [0.25, 0.3) is 6.08 Å². The Morgan fingerprint density at radius 1 is 1.00 bits per heavy atom. The van der Waals surface area contributed by atoms with E-state index >= 15 is 0 Å². The van der Waals surface area contributed by atoms with Crippen LogP contribution >= 0.6 is 12.2 Å². The van der Waals surface area contributed by atoms with Crippen LogP contribution in [0.3, 0.4) is 0 Å². The topological polar surface area (TPSA) is 58.6 Å². The van der Waals surface area contributed by atoms with Gasteiger partial charge in [0.1, 0.15) is 23.7 Å². The fraction of sp³-hybridized carbons (Fsp3) is 0.115. The Morgan fingerprint density at radius 3 is 2.39 bits per heavy atom. The molecule has 1 aliphatic rings. The molecule has 3 aromatic rings. The van der Waals surface area contributed by atoms with E-state index in [1.165, 1.54) is 23.1 Å². The van der Waals surface area contributed by atoms with Crippen molar-refractivity contribution in [2.75, 3.05) is 4.90 Å². The molecule has 0 unspecified atom stereocenters. The molecule has 0 bridgehead atoms. The third kappa shape index (κ3) is 5.15. The molecule has 1 saturated heterocycles. The fourth-order valence-corrected chi connectivity index (χ4v) is 3.66. The van der Waals surface area contributed by atoms with Gasteiger partial charge in [-0.05, 0) is 77.8 Å². The summed E-state index contributed by atoms with van der Waals surface area (Å²) in [5, 5.41) is 2.63. The van der Waals surface area contributed by atoms with E-state index in [2.05, 4.69) is 5.32 Å². The molecule has 1 heterocycles. The van der Waals surface area contributed by atoms with E-state index in [4.69, 9.17) is 17.0 Å². The van der Waals surface area contributed by atoms with E-state index in [1.54, 1.807) is 36.4 Å². The number of benzene rings is 3. The van der Waals surface area contributed by atoms with E-state index in [0.717, 1.165) is 17.5 Å². The predicted octanol–water partition coefficient (Wildman–Crippen LogP) is 4.80. The Morgan fingerprint density at radius 2 is 1.70 bits per heavy atom. The molecule has 5 nitrogen and oxygen atoms in total. The van der Waals surface area contributed by atoms with E-state index in [-0.39, 0.29) is 23.1 Å². The number of halogens is 1. The summed E-state index contributed by atoms with van der Waals surface area (Å²) in [5.74, 6) is -0.799. The predicted molar refractivity (Wildman–Crippen MR) is 129 cm³/mol. The Hall–Kier alpha value is -3.84. The molecule has 33 heavy (non-hydrogen) atoms. The summed E-state index contributed by atoms with van der Waals surface area (Å²) in [7, 11) is 0. The molecule has 0 aromatic heterocycles. The number of nitrogens with zero attached hydrogens (tertiary/aromatic N) is 1. The number of thiocarbonyl (C=S) groups is 1. The fourth-order valence-electron chi connectivity index (χ4n) is 3.38. The molecule has 1 N–H and O–H groups in total. The van der Waals surface area contributed by atoms with Gasteiger partial charge < -0.3 is 4.74 Å². The summed E-state index contributed by atoms with van der Waals surface area (Å²) in [6.07, 6.45) is 2.39. The first-order valence-electron chi connectivity index (χ1n) is 10.4. The molecule has 4 rings (SSSR count). The van der Waals surface area contributed by atoms with Gasteiger partial charge in [-0.2, -0.15) is 0 Å². The number of ether oxygens (including phenoxy) is 1. The number of amides is 2. The largest absolute Gasteiger partial charge is 0.489 e. The molecule has 1 aliphatic heterocycles. The number of anilines is 1. The molecular weight excluding hydrogens is 439 g/mol. The minimum atomic E-state index is -0.552. The summed E-state index contributed by atoms with van der Waals surface area (Å²) < 4.78 is 18.8. The Bertz CT molecular complexity index is 1240. The third-order valence-electron chi connectivity index (χ3n) is 5.19. The van der Waals surface area contributed by atoms with Gasteiger partial charge in [0, 0.05) is 0 Å². The van der Waals surface area contributed by atoms with E-state index in [0.29, 0.717) is 17.0 Å². The maximum Gasteiger partial charge on any atom is 0.270 e. The van der Waals surface area contributed by atoms with Crippen LogP contribution in [-0.2, 0) is 22.6 Å². The lowest BCUT2D eigenvalue weighted by atomic mass is 10.1. The Balaban J connectivity index is 1.55. The van der Waals surface area contributed by atoms with Crippen LogP contribution in [0.2, 0.25) is 0 Å². The van der Waals surface area contributed by atoms with Crippen molar-refractivity contribution in [1.29, 1.82) is 0 Å². The number of hydrogen-bond donors (Lipinski definition) is 1. The van der Waals surface area contributed by atoms with Gasteiger partial charge in [-0.3, -0.25) is 19.8 Å². The van der Waals surface area contributed by atoms with Gasteiger partial charge in [-0.1, -0.05) is 43.3 Å². The number of aryl methyl sites for hydroxylation is 1. The summed E-state index contributed by atoms with van der Waals surface area (Å²) >= 11 is 5.25. The maximum atomic E-state index is 13.2. The first kappa shape index (κ1) is 22.4.